The molecule has 0 aliphatic heterocycles. The van der Waals surface area contributed by atoms with Crippen LogP contribution in [0.15, 0.2) is 23.8 Å². The van der Waals surface area contributed by atoms with Gasteiger partial charge in [0.15, 0.2) is 0 Å². The van der Waals surface area contributed by atoms with Crippen LogP contribution in [0.2, 0.25) is 0 Å². The highest BCUT2D eigenvalue weighted by atomic mass is 14.5. The topological polar surface area (TPSA) is 26.0 Å². The van der Waals surface area contributed by atoms with Gasteiger partial charge in [-0.15, -0.1) is 0 Å². The zero-order valence-corrected chi connectivity index (χ0v) is 8.39. The maximum atomic E-state index is 5.77. The number of nitrogens with two attached hydrogens (primary N) is 1. The Morgan fingerprint density at radius 2 is 1.92 bits per heavy atom. The zero-order chi connectivity index (χ0) is 9.64. The zero-order valence-electron chi connectivity index (χ0n) is 8.39. The molecule has 1 aromatic carbocycles. The largest absolute Gasteiger partial charge is 0.399 e. The summed E-state index contributed by atoms with van der Waals surface area (Å²) in [5.41, 5.74) is 10.9. The monoisotopic (exact) mass is 173 g/mol. The van der Waals surface area contributed by atoms with E-state index in [0.29, 0.717) is 0 Å². The molecule has 0 fully saturated rings. The number of rotatable bonds is 0. The van der Waals surface area contributed by atoms with Crippen molar-refractivity contribution >= 4 is 11.8 Å². The van der Waals surface area contributed by atoms with Crippen molar-refractivity contribution in [3.05, 3.63) is 34.9 Å². The number of hydrogen-bond acceptors (Lipinski definition) is 1. The summed E-state index contributed by atoms with van der Waals surface area (Å²) in [5, 5.41) is 0. The molecule has 0 bridgehead atoms. The van der Waals surface area contributed by atoms with E-state index in [4.69, 9.17) is 5.73 Å². The quantitative estimate of drug-likeness (QED) is 0.600. The molecule has 1 nitrogen and oxygen atoms in total. The lowest BCUT2D eigenvalue weighted by atomic mass is 9.82. The maximum Gasteiger partial charge on any atom is 0.0317 e. The highest BCUT2D eigenvalue weighted by molar-refractivity contribution is 5.70. The second kappa shape index (κ2) is 2.38. The molecule has 0 heterocycles. The van der Waals surface area contributed by atoms with Crippen molar-refractivity contribution in [1.82, 2.24) is 0 Å². The first-order chi connectivity index (χ1) is 6.01. The Morgan fingerprint density at radius 3 is 2.62 bits per heavy atom. The second-order valence-corrected chi connectivity index (χ2v) is 4.30. The predicted octanol–water partition coefficient (Wildman–Crippen LogP) is 2.96. The van der Waals surface area contributed by atoms with Crippen molar-refractivity contribution in [3.63, 3.8) is 0 Å². The summed E-state index contributed by atoms with van der Waals surface area (Å²) in [6.45, 7) is 6.66. The number of allylic oxidation sites excluding steroid dienone is 1. The minimum atomic E-state index is 0.157. The van der Waals surface area contributed by atoms with Crippen LogP contribution in [0.1, 0.15) is 31.9 Å². The molecule has 0 saturated heterocycles. The molecular weight excluding hydrogens is 158 g/mol. The Labute approximate surface area is 79.3 Å². The van der Waals surface area contributed by atoms with E-state index in [9.17, 15) is 0 Å². The number of nitrogen functional groups attached to an aromatic ring is 1. The van der Waals surface area contributed by atoms with E-state index in [1.54, 1.807) is 0 Å². The van der Waals surface area contributed by atoms with Gasteiger partial charge >= 0.3 is 0 Å². The fourth-order valence-electron chi connectivity index (χ4n) is 1.87. The van der Waals surface area contributed by atoms with Gasteiger partial charge in [-0.25, -0.2) is 0 Å². The van der Waals surface area contributed by atoms with Crippen molar-refractivity contribution < 1.29 is 0 Å². The lowest BCUT2D eigenvalue weighted by molar-refractivity contribution is 0.640. The van der Waals surface area contributed by atoms with E-state index in [1.165, 1.54) is 16.7 Å². The summed E-state index contributed by atoms with van der Waals surface area (Å²) in [6.07, 6.45) is 2.24. The first-order valence-corrected chi connectivity index (χ1v) is 4.60. The lowest BCUT2D eigenvalue weighted by Crippen LogP contribution is -2.15. The van der Waals surface area contributed by atoms with Gasteiger partial charge in [0.25, 0.3) is 0 Å². The highest BCUT2D eigenvalue weighted by Crippen LogP contribution is 2.41. The third-order valence-electron chi connectivity index (χ3n) is 3.11. The minimum Gasteiger partial charge on any atom is -0.399 e. The first-order valence-electron chi connectivity index (χ1n) is 4.60. The Balaban J connectivity index is 2.65. The predicted molar refractivity (Wildman–Crippen MR) is 57.5 cm³/mol. The van der Waals surface area contributed by atoms with E-state index in [2.05, 4.69) is 39.0 Å². The molecule has 0 atom stereocenters. The van der Waals surface area contributed by atoms with Crippen molar-refractivity contribution in [1.29, 1.82) is 0 Å². The molecule has 68 valence electrons. The lowest BCUT2D eigenvalue weighted by Gasteiger charge is -2.22. The van der Waals surface area contributed by atoms with E-state index in [-0.39, 0.29) is 5.41 Å². The third-order valence-corrected chi connectivity index (χ3v) is 3.11. The van der Waals surface area contributed by atoms with Gasteiger partial charge < -0.3 is 5.73 Å². The fourth-order valence-corrected chi connectivity index (χ4v) is 1.87. The van der Waals surface area contributed by atoms with E-state index in [1.807, 2.05) is 6.07 Å². The van der Waals surface area contributed by atoms with Crippen LogP contribution in [-0.2, 0) is 5.41 Å². The molecular formula is C12H15N. The second-order valence-electron chi connectivity index (χ2n) is 4.30. The molecule has 0 saturated carbocycles. The van der Waals surface area contributed by atoms with Crippen molar-refractivity contribution in [2.24, 2.45) is 0 Å². The molecule has 0 aromatic heterocycles. The molecule has 1 heteroatoms. The van der Waals surface area contributed by atoms with Crippen molar-refractivity contribution in [2.45, 2.75) is 26.2 Å². The van der Waals surface area contributed by atoms with Crippen molar-refractivity contribution in [3.8, 4) is 0 Å². The third kappa shape index (κ3) is 1.07. The van der Waals surface area contributed by atoms with Crippen LogP contribution < -0.4 is 5.73 Å². The summed E-state index contributed by atoms with van der Waals surface area (Å²) >= 11 is 0. The molecule has 13 heavy (non-hydrogen) atoms. The number of benzene rings is 1. The average Bonchev–Trinajstić information content (AvgIpc) is 2.27. The molecule has 0 radical (unpaired) electrons. The SMILES string of the molecule is CC1=Cc2ccc(N)cc2C1(C)C. The van der Waals surface area contributed by atoms with E-state index >= 15 is 0 Å². The summed E-state index contributed by atoms with van der Waals surface area (Å²) in [7, 11) is 0. The van der Waals surface area contributed by atoms with Gasteiger partial charge in [0.1, 0.15) is 0 Å². The van der Waals surface area contributed by atoms with Gasteiger partial charge in [-0.1, -0.05) is 31.6 Å². The van der Waals surface area contributed by atoms with Crippen molar-refractivity contribution in [2.75, 3.05) is 5.73 Å². The molecule has 0 unspecified atom stereocenters. The van der Waals surface area contributed by atoms with E-state index in [0.717, 1.165) is 5.69 Å². The molecule has 2 N–H and O–H groups in total. The summed E-state index contributed by atoms with van der Waals surface area (Å²) in [6, 6.07) is 6.15. The number of fused-ring (bicyclic) bond motifs is 1. The molecule has 1 aromatic rings. The average molecular weight is 173 g/mol. The van der Waals surface area contributed by atoms with Gasteiger partial charge in [-0.2, -0.15) is 0 Å². The number of hydrogen-bond donors (Lipinski definition) is 1. The summed E-state index contributed by atoms with van der Waals surface area (Å²) in [4.78, 5) is 0. The normalized spacial score (nSPS) is 18.2. The summed E-state index contributed by atoms with van der Waals surface area (Å²) in [5.74, 6) is 0. The molecule has 2 rings (SSSR count). The Hall–Kier alpha value is -1.24. The van der Waals surface area contributed by atoms with Crippen LogP contribution in [0.4, 0.5) is 5.69 Å². The highest BCUT2D eigenvalue weighted by Gasteiger charge is 2.29. The van der Waals surface area contributed by atoms with Crippen LogP contribution in [0.3, 0.4) is 0 Å². The van der Waals surface area contributed by atoms with Gasteiger partial charge in [0.2, 0.25) is 0 Å². The maximum absolute atomic E-state index is 5.77. The first kappa shape index (κ1) is 8.36. The van der Waals surface area contributed by atoms with E-state index < -0.39 is 0 Å². The smallest absolute Gasteiger partial charge is 0.0317 e. The summed E-state index contributed by atoms with van der Waals surface area (Å²) < 4.78 is 0. The van der Waals surface area contributed by atoms with Crippen LogP contribution in [0, 0.1) is 0 Å². The molecule has 0 amide bonds. The minimum absolute atomic E-state index is 0.157. The standard InChI is InChI=1S/C12H15N/c1-8-6-9-4-5-10(13)7-11(9)12(8,2)3/h4-7H,13H2,1-3H3. The molecule has 0 spiro atoms. The Kier molecular flexibility index (Phi) is 1.53. The van der Waals surface area contributed by atoms with Crippen LogP contribution in [0.25, 0.3) is 6.08 Å². The molecule has 1 aliphatic carbocycles. The van der Waals surface area contributed by atoms with Crippen LogP contribution >= 0.6 is 0 Å². The van der Waals surface area contributed by atoms with Gasteiger partial charge in [-0.05, 0) is 30.2 Å². The van der Waals surface area contributed by atoms with Crippen LogP contribution in [-0.4, -0.2) is 0 Å². The van der Waals surface area contributed by atoms with Gasteiger partial charge in [0.05, 0.1) is 0 Å². The fraction of sp³-hybridized carbons (Fsp3) is 0.333. The molecule has 1 aliphatic rings. The Bertz CT molecular complexity index is 386. The Morgan fingerprint density at radius 1 is 1.23 bits per heavy atom. The van der Waals surface area contributed by atoms with Gasteiger partial charge in [-0.3, -0.25) is 0 Å². The van der Waals surface area contributed by atoms with Crippen LogP contribution in [0.5, 0.6) is 0 Å². The van der Waals surface area contributed by atoms with Gasteiger partial charge in [0, 0.05) is 11.1 Å². The number of anilines is 1.